The van der Waals surface area contributed by atoms with E-state index in [2.05, 4.69) is 4.98 Å². The molecule has 0 radical (unpaired) electrons. The maximum Gasteiger partial charge on any atom is 0.141 e. The summed E-state index contributed by atoms with van der Waals surface area (Å²) >= 11 is 1.62. The maximum absolute atomic E-state index is 7.07. The van der Waals surface area contributed by atoms with E-state index >= 15 is 0 Å². The van der Waals surface area contributed by atoms with Crippen molar-refractivity contribution in [1.29, 1.82) is 5.41 Å². The Morgan fingerprint density at radius 3 is 2.73 bits per heavy atom. The van der Waals surface area contributed by atoms with E-state index in [0.29, 0.717) is 5.69 Å². The number of hydrogen-bond acceptors (Lipinski definition) is 3. The molecule has 3 nitrogen and oxygen atoms in total. The van der Waals surface area contributed by atoms with Crippen LogP contribution in [0.1, 0.15) is 5.69 Å². The molecular formula is C7H9N3S. The van der Waals surface area contributed by atoms with Gasteiger partial charge in [-0.1, -0.05) is 0 Å². The van der Waals surface area contributed by atoms with Gasteiger partial charge in [-0.2, -0.15) is 0 Å². The van der Waals surface area contributed by atoms with E-state index < -0.39 is 0 Å². The monoisotopic (exact) mass is 167 g/mol. The first kappa shape index (κ1) is 8.07. The van der Waals surface area contributed by atoms with Crippen LogP contribution in [0.25, 0.3) is 0 Å². The van der Waals surface area contributed by atoms with Gasteiger partial charge in [-0.15, -0.1) is 11.8 Å². The highest BCUT2D eigenvalue weighted by atomic mass is 32.2. The topological polar surface area (TPSA) is 62.8 Å². The van der Waals surface area contributed by atoms with Crippen LogP contribution in [0.15, 0.2) is 23.2 Å². The molecule has 0 fully saturated rings. The third kappa shape index (κ3) is 1.94. The van der Waals surface area contributed by atoms with E-state index in [-0.39, 0.29) is 5.84 Å². The zero-order valence-electron chi connectivity index (χ0n) is 6.16. The molecule has 0 spiro atoms. The van der Waals surface area contributed by atoms with E-state index in [1.165, 1.54) is 0 Å². The van der Waals surface area contributed by atoms with Gasteiger partial charge < -0.3 is 5.73 Å². The standard InChI is InChI=1S/C7H9N3S/c1-11-5-2-3-6(7(8)9)10-4-5/h2-4H,1H3,(H3,8,9). The molecule has 0 atom stereocenters. The van der Waals surface area contributed by atoms with Crippen molar-refractivity contribution in [3.63, 3.8) is 0 Å². The average molecular weight is 167 g/mol. The molecule has 4 heteroatoms. The van der Waals surface area contributed by atoms with Crippen molar-refractivity contribution in [1.82, 2.24) is 4.98 Å². The fourth-order valence-electron chi connectivity index (χ4n) is 0.660. The third-order valence-electron chi connectivity index (χ3n) is 1.25. The van der Waals surface area contributed by atoms with Crippen LogP contribution >= 0.6 is 11.8 Å². The first-order chi connectivity index (χ1) is 5.24. The number of thioether (sulfide) groups is 1. The van der Waals surface area contributed by atoms with Crippen LogP contribution in [0.4, 0.5) is 0 Å². The van der Waals surface area contributed by atoms with Crippen molar-refractivity contribution in [2.75, 3.05) is 6.26 Å². The number of amidine groups is 1. The largest absolute Gasteiger partial charge is 0.382 e. The van der Waals surface area contributed by atoms with E-state index in [0.717, 1.165) is 4.90 Å². The summed E-state index contributed by atoms with van der Waals surface area (Å²) in [7, 11) is 0. The molecule has 0 saturated carbocycles. The summed E-state index contributed by atoms with van der Waals surface area (Å²) in [4.78, 5) is 5.06. The van der Waals surface area contributed by atoms with Crippen molar-refractivity contribution in [3.8, 4) is 0 Å². The van der Waals surface area contributed by atoms with E-state index in [1.54, 1.807) is 24.0 Å². The van der Waals surface area contributed by atoms with Crippen molar-refractivity contribution in [3.05, 3.63) is 24.0 Å². The van der Waals surface area contributed by atoms with E-state index in [9.17, 15) is 0 Å². The number of nitrogens with zero attached hydrogens (tertiary/aromatic N) is 1. The van der Waals surface area contributed by atoms with Crippen molar-refractivity contribution in [2.24, 2.45) is 5.73 Å². The van der Waals surface area contributed by atoms with Gasteiger partial charge in [-0.3, -0.25) is 10.4 Å². The summed E-state index contributed by atoms with van der Waals surface area (Å²) in [6.45, 7) is 0. The zero-order valence-corrected chi connectivity index (χ0v) is 6.98. The number of aromatic nitrogens is 1. The Bertz CT molecular complexity index is 255. The Labute approximate surface area is 69.5 Å². The van der Waals surface area contributed by atoms with Gasteiger partial charge >= 0.3 is 0 Å². The summed E-state index contributed by atoms with van der Waals surface area (Å²) in [6.07, 6.45) is 3.69. The number of hydrogen-bond donors (Lipinski definition) is 2. The molecule has 0 aliphatic carbocycles. The summed E-state index contributed by atoms with van der Waals surface area (Å²) in [5, 5.41) is 7.07. The second kappa shape index (κ2) is 3.39. The van der Waals surface area contributed by atoms with Crippen LogP contribution in [0.5, 0.6) is 0 Å². The molecule has 1 rings (SSSR count). The third-order valence-corrected chi connectivity index (χ3v) is 1.96. The molecule has 0 aliphatic heterocycles. The fourth-order valence-corrected chi connectivity index (χ4v) is 1.02. The molecule has 0 amide bonds. The number of nitrogens with two attached hydrogens (primary N) is 1. The fraction of sp³-hybridized carbons (Fsp3) is 0.143. The lowest BCUT2D eigenvalue weighted by Crippen LogP contribution is -2.12. The predicted molar refractivity (Wildman–Crippen MR) is 47.0 cm³/mol. The van der Waals surface area contributed by atoms with E-state index in [1.807, 2.05) is 12.3 Å². The van der Waals surface area contributed by atoms with Crippen LogP contribution in [0.3, 0.4) is 0 Å². The van der Waals surface area contributed by atoms with Crippen molar-refractivity contribution >= 4 is 17.6 Å². The van der Waals surface area contributed by atoms with Crippen LogP contribution in [-0.2, 0) is 0 Å². The minimum atomic E-state index is 0.0117. The molecule has 3 N–H and O–H groups in total. The second-order valence-electron chi connectivity index (χ2n) is 2.00. The molecule has 0 aromatic carbocycles. The van der Waals surface area contributed by atoms with Crippen LogP contribution in [-0.4, -0.2) is 17.1 Å². The number of nitrogen functional groups attached to an aromatic ring is 1. The number of pyridine rings is 1. The van der Waals surface area contributed by atoms with Gasteiger partial charge in [0.2, 0.25) is 0 Å². The molecule has 0 saturated heterocycles. The molecule has 1 heterocycles. The van der Waals surface area contributed by atoms with Gasteiger partial charge in [0.1, 0.15) is 11.5 Å². The molecule has 11 heavy (non-hydrogen) atoms. The molecule has 1 aromatic heterocycles. The van der Waals surface area contributed by atoms with Crippen LogP contribution < -0.4 is 5.73 Å². The van der Waals surface area contributed by atoms with Gasteiger partial charge in [0.25, 0.3) is 0 Å². The molecular weight excluding hydrogens is 158 g/mol. The molecule has 0 unspecified atom stereocenters. The lowest BCUT2D eigenvalue weighted by atomic mass is 10.3. The maximum atomic E-state index is 7.07. The zero-order chi connectivity index (χ0) is 8.27. The average Bonchev–Trinajstić information content (AvgIpc) is 2.05. The van der Waals surface area contributed by atoms with E-state index in [4.69, 9.17) is 11.1 Å². The molecule has 1 aromatic rings. The van der Waals surface area contributed by atoms with Gasteiger partial charge in [0, 0.05) is 11.1 Å². The SMILES string of the molecule is CSc1ccc(C(=N)N)nc1. The highest BCUT2D eigenvalue weighted by Gasteiger charge is 1.96. The first-order valence-corrected chi connectivity index (χ1v) is 4.31. The normalized spacial score (nSPS) is 9.55. The highest BCUT2D eigenvalue weighted by Crippen LogP contribution is 2.11. The molecule has 0 aliphatic rings. The number of rotatable bonds is 2. The summed E-state index contributed by atoms with van der Waals surface area (Å²) in [6, 6.07) is 3.64. The second-order valence-corrected chi connectivity index (χ2v) is 2.88. The smallest absolute Gasteiger partial charge is 0.141 e. The number of nitrogens with one attached hydrogen (secondary N) is 1. The Morgan fingerprint density at radius 1 is 1.64 bits per heavy atom. The Balaban J connectivity index is 2.91. The minimum absolute atomic E-state index is 0.0117. The predicted octanol–water partition coefficient (Wildman–Crippen LogP) is 1.09. The lowest BCUT2D eigenvalue weighted by Gasteiger charge is -1.97. The summed E-state index contributed by atoms with van der Waals surface area (Å²) < 4.78 is 0. The quantitative estimate of drug-likeness (QED) is 0.393. The highest BCUT2D eigenvalue weighted by molar-refractivity contribution is 7.98. The minimum Gasteiger partial charge on any atom is -0.382 e. The van der Waals surface area contributed by atoms with Crippen molar-refractivity contribution in [2.45, 2.75) is 4.90 Å². The van der Waals surface area contributed by atoms with Crippen LogP contribution in [0.2, 0.25) is 0 Å². The summed E-state index contributed by atoms with van der Waals surface area (Å²) in [5.74, 6) is 0.0117. The lowest BCUT2D eigenvalue weighted by molar-refractivity contribution is 1.19. The van der Waals surface area contributed by atoms with Gasteiger partial charge in [0.05, 0.1) is 0 Å². The Kier molecular flexibility index (Phi) is 2.48. The van der Waals surface area contributed by atoms with Gasteiger partial charge in [-0.05, 0) is 18.4 Å². The Morgan fingerprint density at radius 2 is 2.36 bits per heavy atom. The van der Waals surface area contributed by atoms with Crippen LogP contribution in [0, 0.1) is 5.41 Å². The first-order valence-electron chi connectivity index (χ1n) is 3.08. The molecule has 58 valence electrons. The Hall–Kier alpha value is -1.03. The molecule has 0 bridgehead atoms. The summed E-state index contributed by atoms with van der Waals surface area (Å²) in [5.41, 5.74) is 5.75. The van der Waals surface area contributed by atoms with Gasteiger partial charge in [0.15, 0.2) is 0 Å². The van der Waals surface area contributed by atoms with Gasteiger partial charge in [-0.25, -0.2) is 0 Å². The van der Waals surface area contributed by atoms with Crippen molar-refractivity contribution < 1.29 is 0 Å².